The van der Waals surface area contributed by atoms with Crippen LogP contribution in [0.25, 0.3) is 17.2 Å². The monoisotopic (exact) mass is 420 g/mol. The molecule has 0 spiro atoms. The van der Waals surface area contributed by atoms with Gasteiger partial charge in [0.05, 0.1) is 9.85 Å². The molecule has 0 aliphatic rings. The fourth-order valence-corrected chi connectivity index (χ4v) is 2.58. The molecule has 3 aromatic rings. The molecule has 0 saturated heterocycles. The van der Waals surface area contributed by atoms with Gasteiger partial charge in [-0.05, 0) is 66.9 Å². The molecule has 0 heterocycles. The highest BCUT2D eigenvalue weighted by Gasteiger charge is 2.05. The zero-order chi connectivity index (χ0) is 22.8. The maximum absolute atomic E-state index is 10.5. The summed E-state index contributed by atoms with van der Waals surface area (Å²) in [5.74, 6) is 0.454. The van der Waals surface area contributed by atoms with E-state index in [9.17, 15) is 25.0 Å². The Bertz CT molecular complexity index is 1070. The van der Waals surface area contributed by atoms with Gasteiger partial charge in [0.15, 0.2) is 0 Å². The van der Waals surface area contributed by atoms with Crippen LogP contribution < -0.4 is 4.74 Å². The number of nitro groups is 2. The highest BCUT2D eigenvalue weighted by molar-refractivity contribution is 5.65. The molecule has 0 aliphatic heterocycles. The van der Waals surface area contributed by atoms with Crippen molar-refractivity contribution in [3.05, 3.63) is 104 Å². The van der Waals surface area contributed by atoms with Crippen molar-refractivity contribution in [2.45, 2.75) is 13.8 Å². The number of hydrogen-bond donors (Lipinski definition) is 0. The van der Waals surface area contributed by atoms with E-state index in [-0.39, 0.29) is 11.4 Å². The van der Waals surface area contributed by atoms with Crippen molar-refractivity contribution in [3.8, 4) is 16.9 Å². The summed E-state index contributed by atoms with van der Waals surface area (Å²) in [6.07, 6.45) is 1.98. The lowest BCUT2D eigenvalue weighted by Crippen LogP contribution is -1.88. The molecule has 8 heteroatoms. The molecule has 0 aromatic heterocycles. The third kappa shape index (κ3) is 7.21. The number of nitro benzene ring substituents is 2. The smallest absolute Gasteiger partial charge is 0.298 e. The van der Waals surface area contributed by atoms with Crippen LogP contribution in [0.5, 0.6) is 5.75 Å². The van der Waals surface area contributed by atoms with E-state index in [1.807, 2.05) is 19.9 Å². The Balaban J connectivity index is 0.000000233. The first-order chi connectivity index (χ1) is 14.8. The topological polar surface area (TPSA) is 113 Å². The zero-order valence-electron chi connectivity index (χ0n) is 16.9. The van der Waals surface area contributed by atoms with E-state index in [1.54, 1.807) is 48.5 Å². The standard InChI is InChI=1S/C13H9NO4.C10H11NO2/c15-9-18-13-7-3-11(4-8-13)10-1-5-12(6-2-10)14(16)17;1-8(2)7-9-3-5-10(6-4-9)11(12)13/h1-9H;3-7H,1-2H3. The Kier molecular flexibility index (Phi) is 8.15. The molecule has 0 saturated carbocycles. The highest BCUT2D eigenvalue weighted by Crippen LogP contribution is 2.24. The summed E-state index contributed by atoms with van der Waals surface area (Å²) in [7, 11) is 0. The van der Waals surface area contributed by atoms with Crippen LogP contribution in [0.2, 0.25) is 0 Å². The third-order valence-electron chi connectivity index (χ3n) is 4.01. The van der Waals surface area contributed by atoms with Crippen LogP contribution in [-0.4, -0.2) is 16.3 Å². The lowest BCUT2D eigenvalue weighted by molar-refractivity contribution is -0.385. The number of carbonyl (C=O) groups is 1. The van der Waals surface area contributed by atoms with Gasteiger partial charge in [0, 0.05) is 24.3 Å². The number of carbonyl (C=O) groups excluding carboxylic acids is 1. The molecule has 158 valence electrons. The van der Waals surface area contributed by atoms with Crippen LogP contribution in [0.15, 0.2) is 78.4 Å². The second-order valence-electron chi connectivity index (χ2n) is 6.61. The molecule has 31 heavy (non-hydrogen) atoms. The minimum Gasteiger partial charge on any atom is -0.429 e. The summed E-state index contributed by atoms with van der Waals surface area (Å²) in [5.41, 5.74) is 4.10. The molecule has 0 amide bonds. The predicted molar refractivity (Wildman–Crippen MR) is 118 cm³/mol. The second-order valence-corrected chi connectivity index (χ2v) is 6.61. The molecule has 0 radical (unpaired) electrons. The number of benzene rings is 3. The van der Waals surface area contributed by atoms with E-state index in [2.05, 4.69) is 4.74 Å². The maximum atomic E-state index is 10.5. The summed E-state index contributed by atoms with van der Waals surface area (Å²) in [4.78, 5) is 30.2. The van der Waals surface area contributed by atoms with Crippen molar-refractivity contribution in [2.75, 3.05) is 0 Å². The van der Waals surface area contributed by atoms with Crippen LogP contribution in [0.3, 0.4) is 0 Å². The number of rotatable bonds is 6. The number of nitrogens with zero attached hydrogens (tertiary/aromatic N) is 2. The Hall–Kier alpha value is -4.33. The van der Waals surface area contributed by atoms with E-state index in [1.165, 1.54) is 29.8 Å². The summed E-state index contributed by atoms with van der Waals surface area (Å²) < 4.78 is 4.68. The minimum absolute atomic E-state index is 0.0552. The van der Waals surface area contributed by atoms with Gasteiger partial charge in [-0.3, -0.25) is 25.0 Å². The summed E-state index contributed by atoms with van der Waals surface area (Å²) in [6.45, 7) is 4.34. The van der Waals surface area contributed by atoms with E-state index < -0.39 is 9.85 Å². The molecule has 3 rings (SSSR count). The first-order valence-electron chi connectivity index (χ1n) is 9.14. The Morgan fingerprint density at radius 2 is 1.16 bits per heavy atom. The predicted octanol–water partition coefficient (Wildman–Crippen LogP) is 5.82. The van der Waals surface area contributed by atoms with Gasteiger partial charge >= 0.3 is 0 Å². The molecule has 0 aliphatic carbocycles. The van der Waals surface area contributed by atoms with Crippen molar-refractivity contribution < 1.29 is 19.4 Å². The van der Waals surface area contributed by atoms with Gasteiger partial charge in [-0.15, -0.1) is 0 Å². The van der Waals surface area contributed by atoms with Gasteiger partial charge in [0.1, 0.15) is 5.75 Å². The molecule has 0 bridgehead atoms. The molecular formula is C23H20N2O6. The van der Waals surface area contributed by atoms with Crippen LogP contribution >= 0.6 is 0 Å². The van der Waals surface area contributed by atoms with Crippen molar-refractivity contribution in [3.63, 3.8) is 0 Å². The van der Waals surface area contributed by atoms with Crippen LogP contribution in [0.4, 0.5) is 11.4 Å². The fourth-order valence-electron chi connectivity index (χ4n) is 2.58. The molecule has 0 fully saturated rings. The third-order valence-corrected chi connectivity index (χ3v) is 4.01. The largest absolute Gasteiger partial charge is 0.429 e. The SMILES string of the molecule is CC(C)=Cc1ccc([N+](=O)[O-])cc1.O=COc1ccc(-c2ccc([N+](=O)[O-])cc2)cc1. The van der Waals surface area contributed by atoms with Crippen molar-refractivity contribution >= 4 is 23.9 Å². The van der Waals surface area contributed by atoms with Crippen molar-refractivity contribution in [2.24, 2.45) is 0 Å². The lowest BCUT2D eigenvalue weighted by atomic mass is 10.1. The Morgan fingerprint density at radius 3 is 1.55 bits per heavy atom. The first-order valence-corrected chi connectivity index (χ1v) is 9.14. The van der Waals surface area contributed by atoms with Gasteiger partial charge in [-0.1, -0.05) is 23.8 Å². The van der Waals surface area contributed by atoms with Gasteiger partial charge in [0.2, 0.25) is 0 Å². The Morgan fingerprint density at radius 1 is 0.742 bits per heavy atom. The van der Waals surface area contributed by atoms with E-state index >= 15 is 0 Å². The van der Waals surface area contributed by atoms with Gasteiger partial charge in [0.25, 0.3) is 17.8 Å². The molecular weight excluding hydrogens is 400 g/mol. The summed E-state index contributed by atoms with van der Waals surface area (Å²) in [5, 5.41) is 20.8. The van der Waals surface area contributed by atoms with Gasteiger partial charge < -0.3 is 4.74 Å². The van der Waals surface area contributed by atoms with E-state index in [4.69, 9.17) is 0 Å². The molecule has 0 unspecified atom stereocenters. The summed E-state index contributed by atoms with van der Waals surface area (Å²) >= 11 is 0. The first kappa shape index (κ1) is 23.0. The Labute approximate surface area is 178 Å². The molecule has 0 N–H and O–H groups in total. The number of allylic oxidation sites excluding steroid dienone is 1. The number of non-ortho nitro benzene ring substituents is 2. The average molecular weight is 420 g/mol. The quantitative estimate of drug-likeness (QED) is 0.282. The average Bonchev–Trinajstić information content (AvgIpc) is 2.75. The van der Waals surface area contributed by atoms with Crippen LogP contribution in [0.1, 0.15) is 19.4 Å². The second kappa shape index (κ2) is 11.0. The van der Waals surface area contributed by atoms with Gasteiger partial charge in [-0.25, -0.2) is 0 Å². The normalized spacial score (nSPS) is 9.61. The van der Waals surface area contributed by atoms with Gasteiger partial charge in [-0.2, -0.15) is 0 Å². The van der Waals surface area contributed by atoms with Crippen LogP contribution in [0, 0.1) is 20.2 Å². The van der Waals surface area contributed by atoms with Crippen molar-refractivity contribution in [1.82, 2.24) is 0 Å². The number of hydrogen-bond acceptors (Lipinski definition) is 6. The van der Waals surface area contributed by atoms with E-state index in [0.29, 0.717) is 12.2 Å². The molecule has 8 nitrogen and oxygen atoms in total. The van der Waals surface area contributed by atoms with Crippen LogP contribution in [-0.2, 0) is 4.79 Å². The zero-order valence-corrected chi connectivity index (χ0v) is 16.9. The fraction of sp³-hybridized carbons (Fsp3) is 0.0870. The molecule has 0 atom stereocenters. The lowest BCUT2D eigenvalue weighted by Gasteiger charge is -2.02. The highest BCUT2D eigenvalue weighted by atomic mass is 16.6. The number of ether oxygens (including phenoxy) is 1. The minimum atomic E-state index is -0.440. The summed E-state index contributed by atoms with van der Waals surface area (Å²) in [6, 6.07) is 19.6. The van der Waals surface area contributed by atoms with Crippen molar-refractivity contribution in [1.29, 1.82) is 0 Å². The maximum Gasteiger partial charge on any atom is 0.298 e. The van der Waals surface area contributed by atoms with E-state index in [0.717, 1.165) is 16.7 Å². The molecule has 3 aromatic carbocycles.